The van der Waals surface area contributed by atoms with Gasteiger partial charge in [0.15, 0.2) is 0 Å². The molecule has 2 N–H and O–H groups in total. The molecular formula is C13H19NO2. The third-order valence-corrected chi connectivity index (χ3v) is 3.13. The molecule has 0 saturated heterocycles. The van der Waals surface area contributed by atoms with Crippen LogP contribution in [0.1, 0.15) is 24.8 Å². The van der Waals surface area contributed by atoms with E-state index in [1.54, 1.807) is 7.11 Å². The standard InChI is InChI=1S/C13H19NO2/c1-15-11-7-5-10(6-8-11)9-16-13-4-2-3-12(13)14/h5-8,12-13H,2-4,9,14H2,1H3. The molecule has 0 spiro atoms. The van der Waals surface area contributed by atoms with Crippen molar-refractivity contribution in [1.29, 1.82) is 0 Å². The van der Waals surface area contributed by atoms with Crippen LogP contribution in [0, 0.1) is 0 Å². The smallest absolute Gasteiger partial charge is 0.118 e. The molecule has 0 bridgehead atoms. The zero-order chi connectivity index (χ0) is 11.4. The van der Waals surface area contributed by atoms with Gasteiger partial charge in [-0.1, -0.05) is 12.1 Å². The van der Waals surface area contributed by atoms with Gasteiger partial charge in [-0.05, 0) is 37.0 Å². The van der Waals surface area contributed by atoms with E-state index in [1.807, 2.05) is 24.3 Å². The highest BCUT2D eigenvalue weighted by atomic mass is 16.5. The summed E-state index contributed by atoms with van der Waals surface area (Å²) in [6, 6.07) is 8.18. The molecule has 1 aromatic rings. The topological polar surface area (TPSA) is 44.5 Å². The largest absolute Gasteiger partial charge is 0.497 e. The van der Waals surface area contributed by atoms with E-state index in [0.717, 1.165) is 18.6 Å². The van der Waals surface area contributed by atoms with E-state index in [4.69, 9.17) is 15.2 Å². The fourth-order valence-corrected chi connectivity index (χ4v) is 2.09. The number of hydrogen-bond donors (Lipinski definition) is 1. The van der Waals surface area contributed by atoms with Crippen molar-refractivity contribution in [3.63, 3.8) is 0 Å². The molecule has 0 radical (unpaired) electrons. The second-order valence-electron chi connectivity index (χ2n) is 4.29. The van der Waals surface area contributed by atoms with Gasteiger partial charge in [0.1, 0.15) is 5.75 Å². The summed E-state index contributed by atoms with van der Waals surface area (Å²) in [5, 5.41) is 0. The maximum atomic E-state index is 5.94. The summed E-state index contributed by atoms with van der Waals surface area (Å²) in [6.45, 7) is 0.641. The minimum atomic E-state index is 0.221. The van der Waals surface area contributed by atoms with Crippen LogP contribution in [0.25, 0.3) is 0 Å². The zero-order valence-corrected chi connectivity index (χ0v) is 9.69. The molecule has 0 amide bonds. The molecule has 1 saturated carbocycles. The third kappa shape index (κ3) is 2.74. The van der Waals surface area contributed by atoms with Crippen molar-refractivity contribution in [2.75, 3.05) is 7.11 Å². The first-order chi connectivity index (χ1) is 7.79. The van der Waals surface area contributed by atoms with Crippen LogP contribution >= 0.6 is 0 Å². The highest BCUT2D eigenvalue weighted by Gasteiger charge is 2.24. The van der Waals surface area contributed by atoms with Crippen molar-refractivity contribution in [2.45, 2.75) is 38.0 Å². The van der Waals surface area contributed by atoms with Gasteiger partial charge in [0, 0.05) is 6.04 Å². The highest BCUT2D eigenvalue weighted by Crippen LogP contribution is 2.21. The quantitative estimate of drug-likeness (QED) is 0.846. The predicted octanol–water partition coefficient (Wildman–Crippen LogP) is 2.09. The normalized spacial score (nSPS) is 24.6. The number of rotatable bonds is 4. The summed E-state index contributed by atoms with van der Waals surface area (Å²) < 4.78 is 10.9. The first-order valence-corrected chi connectivity index (χ1v) is 5.79. The Morgan fingerprint density at radius 2 is 2.00 bits per heavy atom. The van der Waals surface area contributed by atoms with Gasteiger partial charge >= 0.3 is 0 Å². The maximum Gasteiger partial charge on any atom is 0.118 e. The van der Waals surface area contributed by atoms with Crippen LogP contribution in [0.15, 0.2) is 24.3 Å². The monoisotopic (exact) mass is 221 g/mol. The minimum absolute atomic E-state index is 0.221. The van der Waals surface area contributed by atoms with Crippen molar-refractivity contribution in [1.82, 2.24) is 0 Å². The molecule has 3 nitrogen and oxygen atoms in total. The predicted molar refractivity (Wildman–Crippen MR) is 63.4 cm³/mol. The molecule has 3 heteroatoms. The van der Waals surface area contributed by atoms with Crippen LogP contribution in [0.4, 0.5) is 0 Å². The van der Waals surface area contributed by atoms with Crippen molar-refractivity contribution in [3.8, 4) is 5.75 Å². The lowest BCUT2D eigenvalue weighted by Gasteiger charge is -2.16. The fourth-order valence-electron chi connectivity index (χ4n) is 2.09. The average Bonchev–Trinajstić information content (AvgIpc) is 2.73. The molecule has 1 fully saturated rings. The first-order valence-electron chi connectivity index (χ1n) is 5.79. The molecule has 1 aliphatic carbocycles. The number of nitrogens with two attached hydrogens (primary N) is 1. The minimum Gasteiger partial charge on any atom is -0.497 e. The Labute approximate surface area is 96.5 Å². The Hall–Kier alpha value is -1.06. The van der Waals surface area contributed by atoms with E-state index in [1.165, 1.54) is 12.0 Å². The van der Waals surface area contributed by atoms with Crippen LogP contribution < -0.4 is 10.5 Å². The average molecular weight is 221 g/mol. The van der Waals surface area contributed by atoms with Crippen LogP contribution in [0.3, 0.4) is 0 Å². The SMILES string of the molecule is COc1ccc(COC2CCCC2N)cc1. The van der Waals surface area contributed by atoms with Gasteiger partial charge in [0.2, 0.25) is 0 Å². The van der Waals surface area contributed by atoms with E-state index >= 15 is 0 Å². The van der Waals surface area contributed by atoms with Gasteiger partial charge in [0.05, 0.1) is 19.8 Å². The molecule has 1 aromatic carbocycles. The van der Waals surface area contributed by atoms with E-state index in [9.17, 15) is 0 Å². The first kappa shape index (κ1) is 11.4. The summed E-state index contributed by atoms with van der Waals surface area (Å²) in [7, 11) is 1.67. The second kappa shape index (κ2) is 5.32. The Balaban J connectivity index is 1.84. The van der Waals surface area contributed by atoms with E-state index < -0.39 is 0 Å². The molecule has 2 atom stereocenters. The van der Waals surface area contributed by atoms with Crippen LogP contribution in [-0.4, -0.2) is 19.3 Å². The fraction of sp³-hybridized carbons (Fsp3) is 0.538. The molecular weight excluding hydrogens is 202 g/mol. The lowest BCUT2D eigenvalue weighted by Crippen LogP contribution is -2.31. The molecule has 2 rings (SSSR count). The Kier molecular flexibility index (Phi) is 3.80. The lowest BCUT2D eigenvalue weighted by atomic mass is 10.2. The molecule has 2 unspecified atom stereocenters. The Morgan fingerprint density at radius 1 is 1.25 bits per heavy atom. The maximum absolute atomic E-state index is 5.94. The third-order valence-electron chi connectivity index (χ3n) is 3.13. The van der Waals surface area contributed by atoms with Crippen molar-refractivity contribution in [2.24, 2.45) is 5.73 Å². The van der Waals surface area contributed by atoms with Crippen LogP contribution in [0.2, 0.25) is 0 Å². The summed E-state index contributed by atoms with van der Waals surface area (Å²) in [5.41, 5.74) is 7.11. The van der Waals surface area contributed by atoms with E-state index in [0.29, 0.717) is 6.61 Å². The molecule has 0 aliphatic heterocycles. The highest BCUT2D eigenvalue weighted by molar-refractivity contribution is 5.26. The van der Waals surface area contributed by atoms with Crippen LogP contribution in [0.5, 0.6) is 5.75 Å². The van der Waals surface area contributed by atoms with Crippen LogP contribution in [-0.2, 0) is 11.3 Å². The van der Waals surface area contributed by atoms with Crippen molar-refractivity contribution in [3.05, 3.63) is 29.8 Å². The summed E-state index contributed by atoms with van der Waals surface area (Å²) in [4.78, 5) is 0. The van der Waals surface area contributed by atoms with E-state index in [2.05, 4.69) is 0 Å². The Morgan fingerprint density at radius 3 is 2.56 bits per heavy atom. The summed E-state index contributed by atoms with van der Waals surface area (Å²) in [5.74, 6) is 0.876. The summed E-state index contributed by atoms with van der Waals surface area (Å²) >= 11 is 0. The molecule has 0 heterocycles. The van der Waals surface area contributed by atoms with Crippen molar-refractivity contribution >= 4 is 0 Å². The molecule has 0 aromatic heterocycles. The van der Waals surface area contributed by atoms with Gasteiger partial charge < -0.3 is 15.2 Å². The van der Waals surface area contributed by atoms with Crippen molar-refractivity contribution < 1.29 is 9.47 Å². The van der Waals surface area contributed by atoms with Gasteiger partial charge in [-0.2, -0.15) is 0 Å². The van der Waals surface area contributed by atoms with Gasteiger partial charge in [-0.25, -0.2) is 0 Å². The summed E-state index contributed by atoms with van der Waals surface area (Å²) in [6.07, 6.45) is 3.61. The number of ether oxygens (including phenoxy) is 2. The number of methoxy groups -OCH3 is 1. The van der Waals surface area contributed by atoms with E-state index in [-0.39, 0.29) is 12.1 Å². The second-order valence-corrected chi connectivity index (χ2v) is 4.29. The number of hydrogen-bond acceptors (Lipinski definition) is 3. The van der Waals surface area contributed by atoms with Gasteiger partial charge in [0.25, 0.3) is 0 Å². The molecule has 16 heavy (non-hydrogen) atoms. The molecule has 88 valence electrons. The lowest BCUT2D eigenvalue weighted by molar-refractivity contribution is 0.0357. The number of benzene rings is 1. The molecule has 1 aliphatic rings. The van der Waals surface area contributed by atoms with Gasteiger partial charge in [-0.3, -0.25) is 0 Å². The van der Waals surface area contributed by atoms with Gasteiger partial charge in [-0.15, -0.1) is 0 Å². The Bertz CT molecular complexity index is 323. The zero-order valence-electron chi connectivity index (χ0n) is 9.69.